The van der Waals surface area contributed by atoms with Crippen LogP contribution >= 0.6 is 0 Å². The maximum absolute atomic E-state index is 11.6. The number of hydrogen-bond acceptors (Lipinski definition) is 4. The van der Waals surface area contributed by atoms with Crippen LogP contribution in [0.15, 0.2) is 60.7 Å². The van der Waals surface area contributed by atoms with Crippen molar-refractivity contribution in [3.8, 4) is 5.75 Å². The molecule has 0 aromatic heterocycles. The number of rotatable bonds is 9. The number of alkyl carbamates (subject to hydrolysis) is 1. The predicted octanol–water partition coefficient (Wildman–Crippen LogP) is 3.39. The average molecular weight is 341 g/mol. The molecule has 132 valence electrons. The van der Waals surface area contributed by atoms with Gasteiger partial charge in [-0.3, -0.25) is 0 Å². The molecule has 0 radical (unpaired) electrons. The van der Waals surface area contributed by atoms with Crippen LogP contribution in [0, 0.1) is 0 Å². The summed E-state index contributed by atoms with van der Waals surface area (Å²) in [5.74, 6) is 0.731. The van der Waals surface area contributed by atoms with Gasteiger partial charge in [0.2, 0.25) is 0 Å². The summed E-state index contributed by atoms with van der Waals surface area (Å²) < 4.78 is 10.4. The highest BCUT2D eigenvalue weighted by molar-refractivity contribution is 5.67. The Morgan fingerprint density at radius 2 is 1.84 bits per heavy atom. The van der Waals surface area contributed by atoms with Gasteiger partial charge >= 0.3 is 6.09 Å². The van der Waals surface area contributed by atoms with Gasteiger partial charge in [0.1, 0.15) is 19.0 Å². The van der Waals surface area contributed by atoms with E-state index in [1.165, 1.54) is 0 Å². The van der Waals surface area contributed by atoms with Crippen molar-refractivity contribution in [3.63, 3.8) is 0 Å². The molecule has 2 aromatic rings. The normalized spacial score (nSPS) is 10.6. The Hall–Kier alpha value is -2.79. The van der Waals surface area contributed by atoms with E-state index in [0.29, 0.717) is 19.6 Å². The second kappa shape index (κ2) is 10.9. The van der Waals surface area contributed by atoms with E-state index in [0.717, 1.165) is 16.9 Å². The highest BCUT2D eigenvalue weighted by Gasteiger charge is 2.00. The first-order valence-electron chi connectivity index (χ1n) is 8.23. The highest BCUT2D eigenvalue weighted by Crippen LogP contribution is 2.13. The number of benzene rings is 2. The molecule has 2 rings (SSSR count). The molecule has 0 atom stereocenters. The molecule has 0 unspecified atom stereocenters. The first kappa shape index (κ1) is 18.5. The summed E-state index contributed by atoms with van der Waals surface area (Å²) in [4.78, 5) is 11.6. The monoisotopic (exact) mass is 341 g/mol. The molecule has 0 spiro atoms. The molecular formula is C20H23NO4. The van der Waals surface area contributed by atoms with Crippen molar-refractivity contribution in [2.45, 2.75) is 13.0 Å². The Labute approximate surface area is 147 Å². The fraction of sp³-hybridized carbons (Fsp3) is 0.250. The number of ether oxygens (including phenoxy) is 2. The van der Waals surface area contributed by atoms with Crippen molar-refractivity contribution in [1.29, 1.82) is 0 Å². The van der Waals surface area contributed by atoms with Crippen LogP contribution in [0.4, 0.5) is 4.79 Å². The molecule has 2 N–H and O–H groups in total. The minimum Gasteiger partial charge on any atom is -0.491 e. The zero-order chi connectivity index (χ0) is 17.7. The fourth-order valence-electron chi connectivity index (χ4n) is 2.09. The van der Waals surface area contributed by atoms with Crippen molar-refractivity contribution in [2.75, 3.05) is 19.8 Å². The number of nitrogens with one attached hydrogen (secondary N) is 1. The third-order valence-electron chi connectivity index (χ3n) is 3.34. The van der Waals surface area contributed by atoms with Gasteiger partial charge < -0.3 is 19.9 Å². The fourth-order valence-corrected chi connectivity index (χ4v) is 2.09. The van der Waals surface area contributed by atoms with Gasteiger partial charge in [-0.1, -0.05) is 54.6 Å². The molecule has 0 aliphatic rings. The minimum absolute atomic E-state index is 0.00242. The van der Waals surface area contributed by atoms with Crippen LogP contribution in [0.1, 0.15) is 17.5 Å². The Morgan fingerprint density at radius 3 is 2.56 bits per heavy atom. The van der Waals surface area contributed by atoms with Gasteiger partial charge in [0.15, 0.2) is 0 Å². The van der Waals surface area contributed by atoms with E-state index in [4.69, 9.17) is 14.6 Å². The van der Waals surface area contributed by atoms with E-state index in [1.54, 1.807) is 0 Å². The Morgan fingerprint density at radius 1 is 1.08 bits per heavy atom. The second-order valence-corrected chi connectivity index (χ2v) is 5.32. The van der Waals surface area contributed by atoms with Gasteiger partial charge in [-0.05, 0) is 29.7 Å². The number of hydrogen-bond donors (Lipinski definition) is 2. The molecule has 0 aliphatic carbocycles. The summed E-state index contributed by atoms with van der Waals surface area (Å²) in [6, 6.07) is 17.1. The van der Waals surface area contributed by atoms with Gasteiger partial charge in [0.25, 0.3) is 0 Å². The summed E-state index contributed by atoms with van der Waals surface area (Å²) >= 11 is 0. The molecule has 0 saturated heterocycles. The molecular weight excluding hydrogens is 318 g/mol. The van der Waals surface area contributed by atoms with E-state index in [1.807, 2.05) is 66.7 Å². The van der Waals surface area contributed by atoms with Gasteiger partial charge in [0.05, 0.1) is 6.61 Å². The molecule has 25 heavy (non-hydrogen) atoms. The van der Waals surface area contributed by atoms with Crippen LogP contribution in [0.25, 0.3) is 6.08 Å². The molecule has 5 heteroatoms. The molecule has 0 fully saturated rings. The van der Waals surface area contributed by atoms with Crippen molar-refractivity contribution < 1.29 is 19.4 Å². The van der Waals surface area contributed by atoms with E-state index < -0.39 is 6.09 Å². The highest BCUT2D eigenvalue weighted by atomic mass is 16.5. The van der Waals surface area contributed by atoms with Crippen molar-refractivity contribution in [3.05, 3.63) is 71.8 Å². The molecule has 0 saturated carbocycles. The summed E-state index contributed by atoms with van der Waals surface area (Å²) in [6.45, 7) is 1.08. The lowest BCUT2D eigenvalue weighted by Crippen LogP contribution is -2.24. The number of aliphatic hydroxyl groups is 1. The maximum Gasteiger partial charge on any atom is 0.407 e. The Bertz CT molecular complexity index is 653. The molecule has 0 aliphatic heterocycles. The van der Waals surface area contributed by atoms with E-state index in [2.05, 4.69) is 5.32 Å². The number of amides is 1. The number of carbonyl (C=O) groups excluding carboxylic acids is 1. The summed E-state index contributed by atoms with van der Waals surface area (Å²) in [7, 11) is 0. The lowest BCUT2D eigenvalue weighted by Gasteiger charge is -2.06. The lowest BCUT2D eigenvalue weighted by atomic mass is 10.2. The van der Waals surface area contributed by atoms with E-state index >= 15 is 0 Å². The first-order valence-corrected chi connectivity index (χ1v) is 8.23. The van der Waals surface area contributed by atoms with Crippen LogP contribution in [0.3, 0.4) is 0 Å². The third kappa shape index (κ3) is 7.54. The van der Waals surface area contributed by atoms with Gasteiger partial charge in [-0.15, -0.1) is 0 Å². The zero-order valence-corrected chi connectivity index (χ0v) is 14.1. The minimum atomic E-state index is -0.414. The van der Waals surface area contributed by atoms with Crippen LogP contribution in [0.2, 0.25) is 0 Å². The quantitative estimate of drug-likeness (QED) is 0.686. The number of aliphatic hydroxyl groups excluding tert-OH is 1. The standard InChI is InChI=1S/C20H23NO4/c22-14-15-24-19-11-9-17(10-12-19)6-4-5-13-21-20(23)25-16-18-7-2-1-3-8-18/h1-4,6-12,22H,5,13-16H2,(H,21,23). The zero-order valence-electron chi connectivity index (χ0n) is 14.1. The molecule has 0 heterocycles. The van der Waals surface area contributed by atoms with Crippen molar-refractivity contribution in [2.24, 2.45) is 0 Å². The number of carbonyl (C=O) groups is 1. The first-order chi connectivity index (χ1) is 12.3. The predicted molar refractivity (Wildman–Crippen MR) is 97.3 cm³/mol. The average Bonchev–Trinajstić information content (AvgIpc) is 2.66. The summed E-state index contributed by atoms with van der Waals surface area (Å²) in [6.07, 6.45) is 4.26. The molecule has 5 nitrogen and oxygen atoms in total. The SMILES string of the molecule is O=C(NCCC=Cc1ccc(OCCO)cc1)OCc1ccccc1. The maximum atomic E-state index is 11.6. The lowest BCUT2D eigenvalue weighted by molar-refractivity contribution is 0.140. The molecule has 2 aromatic carbocycles. The molecule has 0 bridgehead atoms. The second-order valence-electron chi connectivity index (χ2n) is 5.32. The van der Waals surface area contributed by atoms with Crippen LogP contribution < -0.4 is 10.1 Å². The van der Waals surface area contributed by atoms with Crippen LogP contribution in [0.5, 0.6) is 5.75 Å². The Balaban J connectivity index is 1.61. The van der Waals surface area contributed by atoms with E-state index in [9.17, 15) is 4.79 Å². The van der Waals surface area contributed by atoms with Crippen molar-refractivity contribution in [1.82, 2.24) is 5.32 Å². The van der Waals surface area contributed by atoms with E-state index in [-0.39, 0.29) is 13.2 Å². The van der Waals surface area contributed by atoms with Crippen LogP contribution in [-0.4, -0.2) is 31.0 Å². The summed E-state index contributed by atoms with van der Waals surface area (Å²) in [5, 5.41) is 11.4. The molecule has 1 amide bonds. The third-order valence-corrected chi connectivity index (χ3v) is 3.34. The van der Waals surface area contributed by atoms with Crippen LogP contribution in [-0.2, 0) is 11.3 Å². The van der Waals surface area contributed by atoms with Gasteiger partial charge in [-0.2, -0.15) is 0 Å². The largest absolute Gasteiger partial charge is 0.491 e. The van der Waals surface area contributed by atoms with Gasteiger partial charge in [0, 0.05) is 6.54 Å². The van der Waals surface area contributed by atoms with Crippen molar-refractivity contribution >= 4 is 12.2 Å². The summed E-state index contributed by atoms with van der Waals surface area (Å²) in [5.41, 5.74) is 2.01. The topological polar surface area (TPSA) is 67.8 Å². The van der Waals surface area contributed by atoms with Gasteiger partial charge in [-0.25, -0.2) is 4.79 Å². The Kier molecular flexibility index (Phi) is 8.08. The smallest absolute Gasteiger partial charge is 0.407 e.